The van der Waals surface area contributed by atoms with E-state index in [-0.39, 0.29) is 0 Å². The number of hydrogen-bond acceptors (Lipinski definition) is 2. The molecule has 0 saturated heterocycles. The smallest absolute Gasteiger partial charge is 0.0701 e. The number of rotatable bonds is 5. The highest BCUT2D eigenvalue weighted by Crippen LogP contribution is 2.30. The first-order chi connectivity index (χ1) is 9.10. The van der Waals surface area contributed by atoms with Crippen molar-refractivity contribution in [2.24, 2.45) is 0 Å². The van der Waals surface area contributed by atoms with Crippen LogP contribution >= 0.6 is 54.8 Å². The highest BCUT2D eigenvalue weighted by atomic mass is 79.9. The maximum absolute atomic E-state index is 6.05. The number of hydrogen-bond donors (Lipinski definition) is 1. The standard InChI is InChI=1S/C14H14Br2ClNS/c1-2-18-13(8-10-4-6-14(16)19-10)9-3-5-12(17)11(15)7-9/h3-7,13,18H,2,8H2,1H3. The summed E-state index contributed by atoms with van der Waals surface area (Å²) in [6.45, 7) is 3.07. The van der Waals surface area contributed by atoms with Crippen molar-refractivity contribution in [3.05, 3.63) is 54.1 Å². The Balaban J connectivity index is 2.21. The van der Waals surface area contributed by atoms with Gasteiger partial charge in [0.25, 0.3) is 0 Å². The van der Waals surface area contributed by atoms with E-state index in [9.17, 15) is 0 Å². The molecule has 5 heteroatoms. The van der Waals surface area contributed by atoms with E-state index in [1.807, 2.05) is 6.07 Å². The van der Waals surface area contributed by atoms with E-state index < -0.39 is 0 Å². The summed E-state index contributed by atoms with van der Waals surface area (Å²) in [6.07, 6.45) is 0.984. The van der Waals surface area contributed by atoms with Crippen LogP contribution in [0.5, 0.6) is 0 Å². The van der Waals surface area contributed by atoms with Crippen molar-refractivity contribution < 1.29 is 0 Å². The summed E-state index contributed by atoms with van der Waals surface area (Å²) in [4.78, 5) is 1.36. The first-order valence-electron chi connectivity index (χ1n) is 6.02. The average Bonchev–Trinajstić information content (AvgIpc) is 2.78. The van der Waals surface area contributed by atoms with Gasteiger partial charge in [-0.15, -0.1) is 11.3 Å². The fraction of sp³-hybridized carbons (Fsp3) is 0.286. The Morgan fingerprint density at radius 3 is 2.63 bits per heavy atom. The SMILES string of the molecule is CCNC(Cc1ccc(Br)s1)c1ccc(Cl)c(Br)c1. The predicted octanol–water partition coefficient (Wildman–Crippen LogP) is 5.82. The molecule has 0 bridgehead atoms. The van der Waals surface area contributed by atoms with E-state index in [1.165, 1.54) is 14.2 Å². The second-order valence-corrected chi connectivity index (χ2v) is 8.00. The predicted molar refractivity (Wildman–Crippen MR) is 91.3 cm³/mol. The number of nitrogens with one attached hydrogen (secondary N) is 1. The van der Waals surface area contributed by atoms with Gasteiger partial charge in [-0.05, 0) is 68.2 Å². The monoisotopic (exact) mass is 421 g/mol. The molecule has 102 valence electrons. The number of halogens is 3. The molecule has 1 atom stereocenters. The first kappa shape index (κ1) is 15.5. The van der Waals surface area contributed by atoms with Gasteiger partial charge in [-0.1, -0.05) is 24.6 Å². The molecule has 19 heavy (non-hydrogen) atoms. The molecule has 1 heterocycles. The molecule has 0 spiro atoms. The molecule has 0 aliphatic rings. The molecular formula is C14H14Br2ClNS. The summed E-state index contributed by atoms with van der Waals surface area (Å²) in [5.41, 5.74) is 1.25. The third-order valence-corrected chi connectivity index (χ3v) is 5.69. The highest BCUT2D eigenvalue weighted by Gasteiger charge is 2.13. The maximum Gasteiger partial charge on any atom is 0.0701 e. The maximum atomic E-state index is 6.05. The first-order valence-corrected chi connectivity index (χ1v) is 8.80. The lowest BCUT2D eigenvalue weighted by Crippen LogP contribution is -2.22. The van der Waals surface area contributed by atoms with Crippen molar-refractivity contribution in [2.75, 3.05) is 6.54 Å². The van der Waals surface area contributed by atoms with Gasteiger partial charge in [-0.2, -0.15) is 0 Å². The zero-order valence-corrected chi connectivity index (χ0v) is 15.2. The molecule has 1 aromatic carbocycles. The quantitative estimate of drug-likeness (QED) is 0.639. The Kier molecular flexibility index (Phi) is 5.90. The Labute approximate surface area is 139 Å². The molecule has 2 rings (SSSR count). The van der Waals surface area contributed by atoms with Crippen LogP contribution < -0.4 is 5.32 Å². The van der Waals surface area contributed by atoms with Gasteiger partial charge in [0.15, 0.2) is 0 Å². The van der Waals surface area contributed by atoms with Crippen LogP contribution in [0.25, 0.3) is 0 Å². The van der Waals surface area contributed by atoms with E-state index in [0.29, 0.717) is 6.04 Å². The van der Waals surface area contributed by atoms with Gasteiger partial charge < -0.3 is 5.32 Å². The van der Waals surface area contributed by atoms with Crippen LogP contribution in [0.2, 0.25) is 5.02 Å². The second kappa shape index (κ2) is 7.23. The van der Waals surface area contributed by atoms with Gasteiger partial charge in [-0.3, -0.25) is 0 Å². The van der Waals surface area contributed by atoms with Crippen LogP contribution in [0.4, 0.5) is 0 Å². The molecule has 1 N–H and O–H groups in total. The molecule has 1 aromatic heterocycles. The molecule has 0 aliphatic heterocycles. The molecular weight excluding hydrogens is 409 g/mol. The summed E-state index contributed by atoms with van der Waals surface area (Å²) in [6, 6.07) is 10.7. The zero-order chi connectivity index (χ0) is 13.8. The van der Waals surface area contributed by atoms with Crippen LogP contribution in [0.15, 0.2) is 38.6 Å². The topological polar surface area (TPSA) is 12.0 Å². The molecule has 1 unspecified atom stereocenters. The zero-order valence-electron chi connectivity index (χ0n) is 10.4. The fourth-order valence-electron chi connectivity index (χ4n) is 1.95. The van der Waals surface area contributed by atoms with Crippen LogP contribution in [0, 0.1) is 0 Å². The largest absolute Gasteiger partial charge is 0.310 e. The van der Waals surface area contributed by atoms with Gasteiger partial charge in [0.1, 0.15) is 0 Å². The lowest BCUT2D eigenvalue weighted by Gasteiger charge is -2.18. The normalized spacial score (nSPS) is 12.6. The van der Waals surface area contributed by atoms with E-state index in [1.54, 1.807) is 11.3 Å². The molecule has 1 nitrogen and oxygen atoms in total. The van der Waals surface area contributed by atoms with Gasteiger partial charge in [0, 0.05) is 21.8 Å². The molecule has 0 aliphatic carbocycles. The van der Waals surface area contributed by atoms with E-state index in [0.717, 1.165) is 22.5 Å². The molecule has 0 amide bonds. The fourth-order valence-corrected chi connectivity index (χ4v) is 3.99. The van der Waals surface area contributed by atoms with Crippen molar-refractivity contribution in [1.82, 2.24) is 5.32 Å². The van der Waals surface area contributed by atoms with E-state index in [4.69, 9.17) is 11.6 Å². The van der Waals surface area contributed by atoms with Gasteiger partial charge in [0.05, 0.1) is 8.81 Å². The summed E-state index contributed by atoms with van der Waals surface area (Å²) in [5.74, 6) is 0. The van der Waals surface area contributed by atoms with Crippen molar-refractivity contribution in [3.63, 3.8) is 0 Å². The average molecular weight is 424 g/mol. The Morgan fingerprint density at radius 1 is 1.26 bits per heavy atom. The number of thiophene rings is 1. The minimum atomic E-state index is 0.309. The van der Waals surface area contributed by atoms with Crippen molar-refractivity contribution >= 4 is 54.8 Å². The second-order valence-electron chi connectivity index (χ2n) is 4.19. The van der Waals surface area contributed by atoms with Gasteiger partial charge in [0.2, 0.25) is 0 Å². The molecule has 0 saturated carbocycles. The summed E-state index contributed by atoms with van der Waals surface area (Å²) in [7, 11) is 0. The molecule has 2 aromatic rings. The lowest BCUT2D eigenvalue weighted by molar-refractivity contribution is 0.553. The summed E-state index contributed by atoms with van der Waals surface area (Å²) in [5, 5.41) is 4.28. The van der Waals surface area contributed by atoms with Crippen LogP contribution in [0.1, 0.15) is 23.4 Å². The van der Waals surface area contributed by atoms with Crippen molar-refractivity contribution in [2.45, 2.75) is 19.4 Å². The highest BCUT2D eigenvalue weighted by molar-refractivity contribution is 9.11. The van der Waals surface area contributed by atoms with E-state index >= 15 is 0 Å². The van der Waals surface area contributed by atoms with Crippen LogP contribution in [0.3, 0.4) is 0 Å². The summed E-state index contributed by atoms with van der Waals surface area (Å²) >= 11 is 14.8. The molecule has 0 radical (unpaired) electrons. The van der Waals surface area contributed by atoms with Crippen molar-refractivity contribution in [1.29, 1.82) is 0 Å². The Hall–Kier alpha value is 0.130. The minimum absolute atomic E-state index is 0.309. The van der Waals surface area contributed by atoms with Crippen molar-refractivity contribution in [3.8, 4) is 0 Å². The third-order valence-electron chi connectivity index (χ3n) is 2.83. The number of benzene rings is 1. The summed E-state index contributed by atoms with van der Waals surface area (Å²) < 4.78 is 2.12. The van der Waals surface area contributed by atoms with Crippen LogP contribution in [-0.2, 0) is 6.42 Å². The lowest BCUT2D eigenvalue weighted by atomic mass is 10.0. The van der Waals surface area contributed by atoms with Crippen LogP contribution in [-0.4, -0.2) is 6.54 Å². The van der Waals surface area contributed by atoms with Gasteiger partial charge >= 0.3 is 0 Å². The Morgan fingerprint density at radius 2 is 2.05 bits per heavy atom. The molecule has 0 fully saturated rings. The minimum Gasteiger partial charge on any atom is -0.310 e. The van der Waals surface area contributed by atoms with Gasteiger partial charge in [-0.25, -0.2) is 0 Å². The third kappa shape index (κ3) is 4.30. The van der Waals surface area contributed by atoms with E-state index in [2.05, 4.69) is 68.4 Å². The Bertz CT molecular complexity index is 556. The number of likely N-dealkylation sites (N-methyl/N-ethyl adjacent to an activating group) is 1.